The van der Waals surface area contributed by atoms with Crippen molar-refractivity contribution in [2.24, 2.45) is 4.99 Å². The lowest BCUT2D eigenvalue weighted by atomic mass is 9.95. The first-order valence-electron chi connectivity index (χ1n) is 13.2. The van der Waals surface area contributed by atoms with Gasteiger partial charge in [0, 0.05) is 10.6 Å². The number of nitrogens with zero attached hydrogens (tertiary/aromatic N) is 2. The molecule has 0 amide bonds. The van der Waals surface area contributed by atoms with Gasteiger partial charge in [-0.25, -0.2) is 9.79 Å². The zero-order valence-corrected chi connectivity index (χ0v) is 27.2. The lowest BCUT2D eigenvalue weighted by molar-refractivity contribution is -0.139. The summed E-state index contributed by atoms with van der Waals surface area (Å²) in [5.41, 5.74) is 4.16. The average Bonchev–Trinajstić information content (AvgIpc) is 3.26. The number of aromatic nitrogens is 1. The van der Waals surface area contributed by atoms with Gasteiger partial charge < -0.3 is 14.2 Å². The van der Waals surface area contributed by atoms with Gasteiger partial charge in [-0.2, -0.15) is 0 Å². The number of thiazole rings is 1. The normalized spacial score (nSPS) is 14.8. The van der Waals surface area contributed by atoms with Crippen molar-refractivity contribution >= 4 is 57.6 Å². The lowest BCUT2D eigenvalue weighted by Crippen LogP contribution is -2.39. The average molecular weight is 715 g/mol. The van der Waals surface area contributed by atoms with Crippen molar-refractivity contribution < 1.29 is 19.0 Å². The molecule has 1 aliphatic rings. The molecule has 216 valence electrons. The van der Waals surface area contributed by atoms with Gasteiger partial charge in [0.05, 0.1) is 39.1 Å². The monoisotopic (exact) mass is 714 g/mol. The number of benzene rings is 3. The first-order valence-corrected chi connectivity index (χ1v) is 15.5. The van der Waals surface area contributed by atoms with Crippen LogP contribution in [-0.4, -0.2) is 24.3 Å². The Kier molecular flexibility index (Phi) is 9.19. The van der Waals surface area contributed by atoms with Crippen LogP contribution < -0.4 is 24.4 Å². The van der Waals surface area contributed by atoms with Crippen LogP contribution in [-0.2, 0) is 16.1 Å². The molecule has 10 heteroatoms. The Labute approximate surface area is 265 Å². The molecule has 0 radical (unpaired) electrons. The summed E-state index contributed by atoms with van der Waals surface area (Å²) in [6.45, 7) is 6.03. The fraction of sp³-hybridized carbons (Fsp3) is 0.219. The molecule has 0 fully saturated rings. The SMILES string of the molecule is CCOC(=O)C1=C(C)N=c2s/c(=C\c3cc(I)c(OCc4ccccc4Cl)c(OC)c3)c(=O)n2[C@@H]1c1ccc(C)cc1. The van der Waals surface area contributed by atoms with Crippen LogP contribution in [0, 0.1) is 10.5 Å². The Balaban J connectivity index is 1.58. The Morgan fingerprint density at radius 1 is 1.14 bits per heavy atom. The van der Waals surface area contributed by atoms with Gasteiger partial charge in [0.15, 0.2) is 16.3 Å². The summed E-state index contributed by atoms with van der Waals surface area (Å²) < 4.78 is 20.0. The van der Waals surface area contributed by atoms with Crippen LogP contribution in [0.5, 0.6) is 11.5 Å². The Hall–Kier alpha value is -3.41. The molecule has 0 spiro atoms. The van der Waals surface area contributed by atoms with Gasteiger partial charge in [0.25, 0.3) is 5.56 Å². The molecule has 42 heavy (non-hydrogen) atoms. The van der Waals surface area contributed by atoms with Crippen molar-refractivity contribution in [3.63, 3.8) is 0 Å². The van der Waals surface area contributed by atoms with E-state index in [1.54, 1.807) is 25.5 Å². The number of rotatable bonds is 8. The van der Waals surface area contributed by atoms with E-state index in [0.29, 0.717) is 37.1 Å². The van der Waals surface area contributed by atoms with Gasteiger partial charge in [0.1, 0.15) is 6.61 Å². The molecule has 4 aromatic rings. The summed E-state index contributed by atoms with van der Waals surface area (Å²) in [4.78, 5) is 32.2. The lowest BCUT2D eigenvalue weighted by Gasteiger charge is -2.24. The minimum absolute atomic E-state index is 0.221. The summed E-state index contributed by atoms with van der Waals surface area (Å²) in [7, 11) is 1.58. The summed E-state index contributed by atoms with van der Waals surface area (Å²) >= 11 is 9.77. The van der Waals surface area contributed by atoms with Crippen molar-refractivity contribution in [1.29, 1.82) is 0 Å². The quantitative estimate of drug-likeness (QED) is 0.167. The number of hydrogen-bond donors (Lipinski definition) is 0. The molecule has 0 aliphatic carbocycles. The van der Waals surface area contributed by atoms with Crippen molar-refractivity contribution in [3.8, 4) is 11.5 Å². The van der Waals surface area contributed by atoms with Crippen molar-refractivity contribution in [3.05, 3.63) is 122 Å². The first kappa shape index (κ1) is 30.1. The zero-order valence-electron chi connectivity index (χ0n) is 23.4. The summed E-state index contributed by atoms with van der Waals surface area (Å²) in [5, 5.41) is 0.628. The zero-order chi connectivity index (χ0) is 30.0. The largest absolute Gasteiger partial charge is 0.493 e. The third-order valence-electron chi connectivity index (χ3n) is 6.79. The molecule has 0 bridgehead atoms. The standard InChI is InChI=1S/C32H28ClIN2O5S/c1-5-40-31(38)27-19(3)35-32-36(28(27)21-12-10-18(2)11-13-21)30(37)26(42-32)16-20-14-24(34)29(25(15-20)39-4)41-17-22-8-6-7-9-23(22)33/h6-16,28H,5,17H2,1-4H3/b26-16-/t28-/m1/s1. The molecular formula is C32H28ClIN2O5S. The number of carbonyl (C=O) groups excluding carboxylic acids is 1. The van der Waals surface area contributed by atoms with Crippen LogP contribution in [0.15, 0.2) is 81.7 Å². The predicted octanol–water partition coefficient (Wildman–Crippen LogP) is 5.95. The molecule has 3 aromatic carbocycles. The highest BCUT2D eigenvalue weighted by Gasteiger charge is 2.33. The molecule has 7 nitrogen and oxygen atoms in total. The number of hydrogen-bond acceptors (Lipinski definition) is 7. The summed E-state index contributed by atoms with van der Waals surface area (Å²) in [6, 6.07) is 18.4. The van der Waals surface area contributed by atoms with Crippen molar-refractivity contribution in [2.75, 3.05) is 13.7 Å². The van der Waals surface area contributed by atoms with Crippen LogP contribution in [0.3, 0.4) is 0 Å². The van der Waals surface area contributed by atoms with E-state index in [9.17, 15) is 9.59 Å². The van der Waals surface area contributed by atoms with E-state index in [2.05, 4.69) is 27.6 Å². The molecule has 0 saturated carbocycles. The Morgan fingerprint density at radius 2 is 1.88 bits per heavy atom. The number of fused-ring (bicyclic) bond motifs is 1. The fourth-order valence-electron chi connectivity index (χ4n) is 4.74. The summed E-state index contributed by atoms with van der Waals surface area (Å²) in [5.74, 6) is 0.641. The highest BCUT2D eigenvalue weighted by Crippen LogP contribution is 2.35. The van der Waals surface area contributed by atoms with Crippen LogP contribution in [0.25, 0.3) is 6.08 Å². The maximum Gasteiger partial charge on any atom is 0.338 e. The van der Waals surface area contributed by atoms with Gasteiger partial charge >= 0.3 is 5.97 Å². The number of halogens is 2. The van der Waals surface area contributed by atoms with E-state index < -0.39 is 12.0 Å². The molecule has 0 N–H and O–H groups in total. The van der Waals surface area contributed by atoms with Crippen molar-refractivity contribution in [2.45, 2.75) is 33.4 Å². The van der Waals surface area contributed by atoms with E-state index in [0.717, 1.165) is 25.8 Å². The number of allylic oxidation sites excluding steroid dienone is 1. The molecule has 5 rings (SSSR count). The minimum Gasteiger partial charge on any atom is -0.493 e. The molecule has 0 saturated heterocycles. The van der Waals surface area contributed by atoms with E-state index in [4.69, 9.17) is 25.8 Å². The highest BCUT2D eigenvalue weighted by molar-refractivity contribution is 14.1. The minimum atomic E-state index is -0.654. The number of carbonyl (C=O) groups is 1. The smallest absolute Gasteiger partial charge is 0.338 e. The predicted molar refractivity (Wildman–Crippen MR) is 173 cm³/mol. The van der Waals surface area contributed by atoms with Gasteiger partial charge in [-0.1, -0.05) is 71.0 Å². The van der Waals surface area contributed by atoms with Crippen LogP contribution in [0.1, 0.15) is 42.1 Å². The highest BCUT2D eigenvalue weighted by atomic mass is 127. The number of methoxy groups -OCH3 is 1. The van der Waals surface area contributed by atoms with Gasteiger partial charge in [-0.15, -0.1) is 0 Å². The third kappa shape index (κ3) is 6.04. The maximum atomic E-state index is 13.9. The molecule has 1 aromatic heterocycles. The van der Waals surface area contributed by atoms with E-state index in [-0.39, 0.29) is 18.8 Å². The maximum absolute atomic E-state index is 13.9. The third-order valence-corrected chi connectivity index (χ3v) is 8.94. The van der Waals surface area contributed by atoms with E-state index in [1.807, 2.05) is 73.7 Å². The molecular weight excluding hydrogens is 687 g/mol. The summed E-state index contributed by atoms with van der Waals surface area (Å²) in [6.07, 6.45) is 1.81. The number of esters is 1. The second-order valence-electron chi connectivity index (χ2n) is 9.63. The number of ether oxygens (including phenoxy) is 3. The number of aryl methyl sites for hydroxylation is 1. The van der Waals surface area contributed by atoms with Gasteiger partial charge in [-0.3, -0.25) is 9.36 Å². The van der Waals surface area contributed by atoms with E-state index >= 15 is 0 Å². The topological polar surface area (TPSA) is 79.1 Å². The van der Waals surface area contributed by atoms with Gasteiger partial charge in [-0.05, 0) is 78.8 Å². The van der Waals surface area contributed by atoms with E-state index in [1.165, 1.54) is 11.3 Å². The van der Waals surface area contributed by atoms with Crippen LogP contribution in [0.4, 0.5) is 0 Å². The Morgan fingerprint density at radius 3 is 2.57 bits per heavy atom. The molecule has 2 heterocycles. The first-order chi connectivity index (χ1) is 20.2. The molecule has 1 aliphatic heterocycles. The van der Waals surface area contributed by atoms with Crippen LogP contribution in [0.2, 0.25) is 5.02 Å². The Bertz CT molecular complexity index is 1880. The molecule has 0 unspecified atom stereocenters. The fourth-order valence-corrected chi connectivity index (χ4v) is 6.75. The second kappa shape index (κ2) is 12.8. The second-order valence-corrected chi connectivity index (χ2v) is 12.2. The van der Waals surface area contributed by atoms with Crippen molar-refractivity contribution in [1.82, 2.24) is 4.57 Å². The van der Waals surface area contributed by atoms with Crippen LogP contribution >= 0.6 is 45.5 Å². The van der Waals surface area contributed by atoms with Gasteiger partial charge in [0.2, 0.25) is 0 Å². The molecule has 1 atom stereocenters.